The number of aliphatic imine (C=N–C) groups is 1. The Morgan fingerprint density at radius 2 is 2.26 bits per heavy atom. The molecule has 5 rings (SSSR count). The van der Waals surface area contributed by atoms with Gasteiger partial charge in [0.05, 0.1) is 16.5 Å². The van der Waals surface area contributed by atoms with E-state index in [4.69, 9.17) is 9.98 Å². The van der Waals surface area contributed by atoms with Crippen molar-refractivity contribution in [2.45, 2.75) is 61.6 Å². The SMILES string of the molecule is CCCCC1=N[C@@H]2Sc3c(ncn4ncnc34)[C@H]2C2=C1CCC2. The van der Waals surface area contributed by atoms with Crippen LogP contribution < -0.4 is 0 Å². The van der Waals surface area contributed by atoms with E-state index in [2.05, 4.69) is 17.0 Å². The second-order valence-electron chi connectivity index (χ2n) is 6.51. The molecule has 118 valence electrons. The van der Waals surface area contributed by atoms with Crippen molar-refractivity contribution in [3.8, 4) is 0 Å². The van der Waals surface area contributed by atoms with Gasteiger partial charge in [-0.1, -0.05) is 30.7 Å². The molecule has 0 saturated carbocycles. The Morgan fingerprint density at radius 3 is 3.17 bits per heavy atom. The third-order valence-corrected chi connectivity index (χ3v) is 6.41. The molecule has 0 fully saturated rings. The Labute approximate surface area is 139 Å². The van der Waals surface area contributed by atoms with E-state index in [1.165, 1.54) is 48.4 Å². The summed E-state index contributed by atoms with van der Waals surface area (Å²) >= 11 is 1.83. The minimum Gasteiger partial charge on any atom is -0.274 e. The number of fused-ring (bicyclic) bond motifs is 6. The Kier molecular flexibility index (Phi) is 3.08. The van der Waals surface area contributed by atoms with Gasteiger partial charge in [-0.2, -0.15) is 5.10 Å². The molecule has 0 radical (unpaired) electrons. The second-order valence-corrected chi connectivity index (χ2v) is 7.64. The summed E-state index contributed by atoms with van der Waals surface area (Å²) in [6, 6.07) is 0. The number of allylic oxidation sites excluding steroid dienone is 1. The third-order valence-electron chi connectivity index (χ3n) is 5.17. The van der Waals surface area contributed by atoms with Gasteiger partial charge in [-0.3, -0.25) is 4.99 Å². The van der Waals surface area contributed by atoms with Gasteiger partial charge in [-0.25, -0.2) is 14.5 Å². The molecule has 2 aliphatic heterocycles. The molecule has 4 heterocycles. The van der Waals surface area contributed by atoms with Crippen LogP contribution in [0, 0.1) is 0 Å². The van der Waals surface area contributed by atoms with Gasteiger partial charge in [0.15, 0.2) is 5.65 Å². The highest BCUT2D eigenvalue weighted by Crippen LogP contribution is 2.55. The molecule has 0 unspecified atom stereocenters. The second kappa shape index (κ2) is 5.16. The summed E-state index contributed by atoms with van der Waals surface area (Å²) in [5.74, 6) is 0.361. The van der Waals surface area contributed by atoms with Gasteiger partial charge >= 0.3 is 0 Å². The van der Waals surface area contributed by atoms with Crippen LogP contribution in [0.2, 0.25) is 0 Å². The molecule has 6 heteroatoms. The van der Waals surface area contributed by atoms with Crippen LogP contribution in [0.4, 0.5) is 0 Å². The lowest BCUT2D eigenvalue weighted by molar-refractivity contribution is 0.691. The minimum absolute atomic E-state index is 0.254. The normalized spacial score (nSPS) is 25.5. The predicted octanol–water partition coefficient (Wildman–Crippen LogP) is 3.77. The standard InChI is InChI=1S/C17H19N5S/c1-2-3-7-12-10-5-4-6-11(10)13-14-15(23-17(13)21-12)16-18-8-20-22(16)9-19-14/h8-9,13,17H,2-7H2,1H3/t13-,17-/m1/s1. The van der Waals surface area contributed by atoms with Crippen molar-refractivity contribution >= 4 is 23.1 Å². The number of rotatable bonds is 3. The maximum Gasteiger partial charge on any atom is 0.172 e. The fraction of sp³-hybridized carbons (Fsp3) is 0.529. The van der Waals surface area contributed by atoms with Crippen LogP contribution in [0.25, 0.3) is 5.65 Å². The summed E-state index contributed by atoms with van der Waals surface area (Å²) in [7, 11) is 0. The van der Waals surface area contributed by atoms with Crippen LogP contribution in [0.5, 0.6) is 0 Å². The minimum atomic E-state index is 0.254. The Morgan fingerprint density at radius 1 is 1.30 bits per heavy atom. The lowest BCUT2D eigenvalue weighted by Gasteiger charge is -2.26. The molecule has 2 aromatic rings. The van der Waals surface area contributed by atoms with E-state index in [0.29, 0.717) is 5.92 Å². The highest BCUT2D eigenvalue weighted by Gasteiger charge is 2.43. The van der Waals surface area contributed by atoms with Gasteiger partial charge in [0, 0.05) is 5.71 Å². The molecule has 3 aliphatic rings. The predicted molar refractivity (Wildman–Crippen MR) is 91.0 cm³/mol. The van der Waals surface area contributed by atoms with Gasteiger partial charge in [-0.15, -0.1) is 0 Å². The van der Waals surface area contributed by atoms with Gasteiger partial charge in [-0.05, 0) is 37.7 Å². The monoisotopic (exact) mass is 325 g/mol. The lowest BCUT2D eigenvalue weighted by atomic mass is 9.87. The molecule has 2 atom stereocenters. The molecule has 0 saturated heterocycles. The quantitative estimate of drug-likeness (QED) is 0.862. The number of unbranched alkanes of at least 4 members (excludes halogenated alkanes) is 1. The van der Waals surface area contributed by atoms with Crippen LogP contribution in [0.1, 0.15) is 57.1 Å². The fourth-order valence-corrected chi connectivity index (χ4v) is 5.52. The first-order valence-corrected chi connectivity index (χ1v) is 9.38. The number of dihydropyridines is 1. The van der Waals surface area contributed by atoms with Crippen molar-refractivity contribution in [2.24, 2.45) is 4.99 Å². The molecule has 5 nitrogen and oxygen atoms in total. The third kappa shape index (κ3) is 1.94. The number of aromatic nitrogens is 4. The van der Waals surface area contributed by atoms with Crippen molar-refractivity contribution in [1.82, 2.24) is 19.6 Å². The Bertz CT molecular complexity index is 850. The Hall–Kier alpha value is -1.69. The summed E-state index contributed by atoms with van der Waals surface area (Å²) in [6.45, 7) is 2.25. The van der Waals surface area contributed by atoms with E-state index in [1.54, 1.807) is 28.3 Å². The van der Waals surface area contributed by atoms with E-state index in [-0.39, 0.29) is 5.37 Å². The first-order valence-electron chi connectivity index (χ1n) is 8.50. The highest BCUT2D eigenvalue weighted by atomic mass is 32.2. The van der Waals surface area contributed by atoms with E-state index >= 15 is 0 Å². The maximum absolute atomic E-state index is 5.15. The number of hydrogen-bond acceptors (Lipinski definition) is 5. The fourth-order valence-electron chi connectivity index (χ4n) is 4.11. The van der Waals surface area contributed by atoms with E-state index in [1.807, 2.05) is 11.8 Å². The average Bonchev–Trinajstić information content (AvgIpc) is 3.27. The van der Waals surface area contributed by atoms with Gasteiger partial charge in [0.1, 0.15) is 18.0 Å². The summed E-state index contributed by atoms with van der Waals surface area (Å²) in [4.78, 5) is 15.5. The first-order chi connectivity index (χ1) is 11.4. The number of hydrogen-bond donors (Lipinski definition) is 0. The van der Waals surface area contributed by atoms with Gasteiger partial charge < -0.3 is 0 Å². The zero-order valence-electron chi connectivity index (χ0n) is 13.2. The molecule has 1 aliphatic carbocycles. The molecule has 0 spiro atoms. The number of nitrogens with zero attached hydrogens (tertiary/aromatic N) is 5. The van der Waals surface area contributed by atoms with Crippen LogP contribution in [0.15, 0.2) is 33.7 Å². The highest BCUT2D eigenvalue weighted by molar-refractivity contribution is 8.00. The van der Waals surface area contributed by atoms with Gasteiger partial charge in [0.25, 0.3) is 0 Å². The van der Waals surface area contributed by atoms with Gasteiger partial charge in [0.2, 0.25) is 0 Å². The number of thioether (sulfide) groups is 1. The zero-order valence-corrected chi connectivity index (χ0v) is 14.0. The van der Waals surface area contributed by atoms with Crippen LogP contribution in [-0.2, 0) is 0 Å². The van der Waals surface area contributed by atoms with Crippen LogP contribution >= 0.6 is 11.8 Å². The van der Waals surface area contributed by atoms with Crippen molar-refractivity contribution < 1.29 is 0 Å². The van der Waals surface area contributed by atoms with Crippen molar-refractivity contribution in [3.05, 3.63) is 29.5 Å². The average molecular weight is 325 g/mol. The molecule has 2 aromatic heterocycles. The Balaban J connectivity index is 1.63. The molecule has 0 aromatic carbocycles. The summed E-state index contributed by atoms with van der Waals surface area (Å²) in [5.41, 5.74) is 6.64. The van der Waals surface area contributed by atoms with Crippen molar-refractivity contribution in [2.75, 3.05) is 0 Å². The van der Waals surface area contributed by atoms with Crippen LogP contribution in [0.3, 0.4) is 0 Å². The maximum atomic E-state index is 5.15. The molecule has 0 amide bonds. The molecule has 0 bridgehead atoms. The van der Waals surface area contributed by atoms with Crippen LogP contribution in [-0.4, -0.2) is 30.7 Å². The smallest absolute Gasteiger partial charge is 0.172 e. The van der Waals surface area contributed by atoms with Crippen molar-refractivity contribution in [1.29, 1.82) is 0 Å². The van der Waals surface area contributed by atoms with E-state index < -0.39 is 0 Å². The zero-order chi connectivity index (χ0) is 15.4. The summed E-state index contributed by atoms with van der Waals surface area (Å²) < 4.78 is 1.77. The summed E-state index contributed by atoms with van der Waals surface area (Å²) in [6.07, 6.45) is 10.7. The molecule has 23 heavy (non-hydrogen) atoms. The molecular formula is C17H19N5S. The molecule has 0 N–H and O–H groups in total. The lowest BCUT2D eigenvalue weighted by Crippen LogP contribution is -2.21. The van der Waals surface area contributed by atoms with E-state index in [0.717, 1.165) is 12.1 Å². The van der Waals surface area contributed by atoms with E-state index in [9.17, 15) is 0 Å². The van der Waals surface area contributed by atoms with Crippen molar-refractivity contribution in [3.63, 3.8) is 0 Å². The molecular weight excluding hydrogens is 306 g/mol. The largest absolute Gasteiger partial charge is 0.274 e. The first kappa shape index (κ1) is 13.7. The topological polar surface area (TPSA) is 55.4 Å². The summed E-state index contributed by atoms with van der Waals surface area (Å²) in [5, 5.41) is 4.47.